The van der Waals surface area contributed by atoms with Crippen LogP contribution < -0.4 is 4.90 Å². The second-order valence-corrected chi connectivity index (χ2v) is 4.86. The fraction of sp³-hybridized carbons (Fsp3) is 0.308. The first-order chi connectivity index (χ1) is 8.60. The van der Waals surface area contributed by atoms with Crippen LogP contribution in [0, 0.1) is 5.82 Å². The van der Waals surface area contributed by atoms with Crippen LogP contribution in [0.2, 0.25) is 0 Å². The summed E-state index contributed by atoms with van der Waals surface area (Å²) in [5, 5.41) is 4.77. The summed E-state index contributed by atoms with van der Waals surface area (Å²) in [4.78, 5) is 1.88. The topological polar surface area (TPSA) is 21.1 Å². The molecule has 18 heavy (non-hydrogen) atoms. The third kappa shape index (κ3) is 2.90. The average molecular weight is 312 g/mol. The van der Waals surface area contributed by atoms with Crippen molar-refractivity contribution in [2.24, 2.45) is 7.05 Å². The predicted octanol–water partition coefficient (Wildman–Crippen LogP) is 3.09. The van der Waals surface area contributed by atoms with Crippen LogP contribution in [0.5, 0.6) is 0 Å². The molecule has 0 aliphatic carbocycles. The standard InChI is InChI=1S/C13H15BrFN3/c1-17(8-11-7-16-18(2)9-11)13-4-3-10(6-14)5-12(13)15/h3-5,7,9H,6,8H2,1-2H3. The van der Waals surface area contributed by atoms with Gasteiger partial charge in [-0.2, -0.15) is 5.10 Å². The predicted molar refractivity (Wildman–Crippen MR) is 74.3 cm³/mol. The van der Waals surface area contributed by atoms with Crippen molar-refractivity contribution >= 4 is 21.6 Å². The van der Waals surface area contributed by atoms with Crippen LogP contribution in [0.3, 0.4) is 0 Å². The average Bonchev–Trinajstić information content (AvgIpc) is 2.74. The summed E-state index contributed by atoms with van der Waals surface area (Å²) in [6, 6.07) is 5.29. The number of aromatic nitrogens is 2. The van der Waals surface area contributed by atoms with E-state index >= 15 is 0 Å². The highest BCUT2D eigenvalue weighted by molar-refractivity contribution is 9.08. The number of anilines is 1. The molecule has 3 nitrogen and oxygen atoms in total. The van der Waals surface area contributed by atoms with Gasteiger partial charge in [-0.3, -0.25) is 4.68 Å². The van der Waals surface area contributed by atoms with E-state index in [4.69, 9.17) is 0 Å². The molecule has 2 aromatic rings. The summed E-state index contributed by atoms with van der Waals surface area (Å²) in [6.45, 7) is 0.637. The van der Waals surface area contributed by atoms with Crippen molar-refractivity contribution in [3.8, 4) is 0 Å². The van der Waals surface area contributed by atoms with E-state index in [1.165, 1.54) is 0 Å². The number of nitrogens with zero attached hydrogens (tertiary/aromatic N) is 3. The van der Waals surface area contributed by atoms with Crippen LogP contribution >= 0.6 is 15.9 Å². The third-order valence-electron chi connectivity index (χ3n) is 2.76. The van der Waals surface area contributed by atoms with Crippen LogP contribution in [-0.2, 0) is 18.9 Å². The molecule has 5 heteroatoms. The van der Waals surface area contributed by atoms with Gasteiger partial charge in [-0.05, 0) is 17.7 Å². The van der Waals surface area contributed by atoms with Crippen molar-refractivity contribution in [2.45, 2.75) is 11.9 Å². The van der Waals surface area contributed by atoms with Crippen LogP contribution in [0.4, 0.5) is 10.1 Å². The molecule has 1 heterocycles. The second-order valence-electron chi connectivity index (χ2n) is 4.30. The highest BCUT2D eigenvalue weighted by Crippen LogP contribution is 2.22. The van der Waals surface area contributed by atoms with E-state index in [1.807, 2.05) is 37.3 Å². The minimum Gasteiger partial charge on any atom is -0.368 e. The van der Waals surface area contributed by atoms with E-state index in [-0.39, 0.29) is 5.82 Å². The van der Waals surface area contributed by atoms with E-state index in [2.05, 4.69) is 21.0 Å². The van der Waals surface area contributed by atoms with Crippen molar-refractivity contribution in [3.05, 3.63) is 47.5 Å². The molecule has 0 N–H and O–H groups in total. The van der Waals surface area contributed by atoms with E-state index in [0.717, 1.165) is 11.1 Å². The molecule has 0 amide bonds. The Labute approximate surface area is 114 Å². The Kier molecular flexibility index (Phi) is 4.01. The molecular formula is C13H15BrFN3. The first-order valence-corrected chi connectivity index (χ1v) is 6.75. The lowest BCUT2D eigenvalue weighted by Crippen LogP contribution is -2.17. The highest BCUT2D eigenvalue weighted by Gasteiger charge is 2.09. The fourth-order valence-corrected chi connectivity index (χ4v) is 2.20. The summed E-state index contributed by atoms with van der Waals surface area (Å²) in [5.74, 6) is -0.196. The van der Waals surface area contributed by atoms with Crippen molar-refractivity contribution in [2.75, 3.05) is 11.9 Å². The van der Waals surface area contributed by atoms with Gasteiger partial charge in [0.1, 0.15) is 5.82 Å². The minimum atomic E-state index is -0.196. The van der Waals surface area contributed by atoms with Crippen molar-refractivity contribution in [1.29, 1.82) is 0 Å². The van der Waals surface area contributed by atoms with Crippen LogP contribution in [0.25, 0.3) is 0 Å². The molecule has 1 aromatic carbocycles. The lowest BCUT2D eigenvalue weighted by molar-refractivity contribution is 0.621. The van der Waals surface area contributed by atoms with Crippen molar-refractivity contribution in [3.63, 3.8) is 0 Å². The summed E-state index contributed by atoms with van der Waals surface area (Å²) < 4.78 is 15.7. The highest BCUT2D eigenvalue weighted by atomic mass is 79.9. The van der Waals surface area contributed by atoms with Crippen LogP contribution in [-0.4, -0.2) is 16.8 Å². The van der Waals surface area contributed by atoms with Crippen molar-refractivity contribution in [1.82, 2.24) is 9.78 Å². The zero-order valence-electron chi connectivity index (χ0n) is 10.4. The number of hydrogen-bond donors (Lipinski definition) is 0. The molecule has 0 spiro atoms. The van der Waals surface area contributed by atoms with Gasteiger partial charge in [-0.25, -0.2) is 4.39 Å². The maximum atomic E-state index is 13.9. The normalized spacial score (nSPS) is 10.7. The first-order valence-electron chi connectivity index (χ1n) is 5.63. The van der Waals surface area contributed by atoms with Gasteiger partial charge in [-0.1, -0.05) is 22.0 Å². The van der Waals surface area contributed by atoms with Gasteiger partial charge < -0.3 is 4.90 Å². The molecule has 0 saturated carbocycles. The fourth-order valence-electron chi connectivity index (χ4n) is 1.86. The zero-order valence-corrected chi connectivity index (χ0v) is 12.0. The third-order valence-corrected chi connectivity index (χ3v) is 3.40. The van der Waals surface area contributed by atoms with E-state index in [1.54, 1.807) is 16.9 Å². The molecule has 2 rings (SSSR count). The summed E-state index contributed by atoms with van der Waals surface area (Å²) >= 11 is 3.32. The maximum Gasteiger partial charge on any atom is 0.146 e. The lowest BCUT2D eigenvalue weighted by Gasteiger charge is -2.19. The Morgan fingerprint density at radius 1 is 1.39 bits per heavy atom. The van der Waals surface area contributed by atoms with Crippen LogP contribution in [0.15, 0.2) is 30.6 Å². The Balaban J connectivity index is 2.15. The van der Waals surface area contributed by atoms with Gasteiger partial charge in [0.25, 0.3) is 0 Å². The largest absolute Gasteiger partial charge is 0.368 e. The smallest absolute Gasteiger partial charge is 0.146 e. The number of benzene rings is 1. The van der Waals surface area contributed by atoms with E-state index in [0.29, 0.717) is 17.6 Å². The van der Waals surface area contributed by atoms with E-state index < -0.39 is 0 Å². The number of alkyl halides is 1. The Morgan fingerprint density at radius 2 is 2.17 bits per heavy atom. The molecule has 0 fully saturated rings. The number of rotatable bonds is 4. The molecule has 0 aliphatic rings. The van der Waals surface area contributed by atoms with Gasteiger partial charge in [-0.15, -0.1) is 0 Å². The Morgan fingerprint density at radius 3 is 2.72 bits per heavy atom. The molecule has 0 bridgehead atoms. The Hall–Kier alpha value is -1.36. The van der Waals surface area contributed by atoms with Gasteiger partial charge in [0.2, 0.25) is 0 Å². The number of aryl methyl sites for hydroxylation is 1. The summed E-state index contributed by atoms with van der Waals surface area (Å²) in [7, 11) is 3.74. The molecule has 0 unspecified atom stereocenters. The van der Waals surface area contributed by atoms with Crippen molar-refractivity contribution < 1.29 is 4.39 Å². The number of halogens is 2. The quantitative estimate of drug-likeness (QED) is 0.809. The minimum absolute atomic E-state index is 0.196. The monoisotopic (exact) mass is 311 g/mol. The molecule has 1 aromatic heterocycles. The molecule has 0 saturated heterocycles. The molecular weight excluding hydrogens is 297 g/mol. The first kappa shape index (κ1) is 13.1. The van der Waals surface area contributed by atoms with Gasteiger partial charge in [0.05, 0.1) is 11.9 Å². The molecule has 96 valence electrons. The van der Waals surface area contributed by atoms with Gasteiger partial charge in [0, 0.05) is 37.7 Å². The lowest BCUT2D eigenvalue weighted by atomic mass is 10.2. The molecule has 0 aliphatic heterocycles. The number of hydrogen-bond acceptors (Lipinski definition) is 2. The molecule has 0 radical (unpaired) electrons. The second kappa shape index (κ2) is 5.52. The maximum absolute atomic E-state index is 13.9. The van der Waals surface area contributed by atoms with E-state index in [9.17, 15) is 4.39 Å². The summed E-state index contributed by atoms with van der Waals surface area (Å²) in [6.07, 6.45) is 3.72. The Bertz CT molecular complexity index is 539. The zero-order chi connectivity index (χ0) is 13.1. The SMILES string of the molecule is CN(Cc1cnn(C)c1)c1ccc(CBr)cc1F. The van der Waals surface area contributed by atoms with Gasteiger partial charge >= 0.3 is 0 Å². The summed E-state index contributed by atoms with van der Waals surface area (Å²) in [5.41, 5.74) is 2.60. The van der Waals surface area contributed by atoms with Gasteiger partial charge in [0.15, 0.2) is 0 Å². The molecule has 0 atom stereocenters. The van der Waals surface area contributed by atoms with Crippen LogP contribution in [0.1, 0.15) is 11.1 Å².